The van der Waals surface area contributed by atoms with Crippen molar-refractivity contribution in [2.75, 3.05) is 21.1 Å². The number of hydrogen-bond donors (Lipinski definition) is 0. The summed E-state index contributed by atoms with van der Waals surface area (Å²) in [6.45, 7) is 11.2. The lowest BCUT2D eigenvalue weighted by Gasteiger charge is -2.39. The van der Waals surface area contributed by atoms with Gasteiger partial charge in [-0.1, -0.05) is 13.8 Å². The van der Waals surface area contributed by atoms with Crippen molar-refractivity contribution >= 4 is 5.91 Å². The molecular weight excluding hydrogens is 214 g/mol. The second-order valence-corrected chi connectivity index (χ2v) is 4.99. The largest absolute Gasteiger partial charge is 0.326 e. The Hall–Kier alpha value is -1.08. The highest BCUT2D eigenvalue weighted by Gasteiger charge is 2.38. The Labute approximate surface area is 106 Å². The van der Waals surface area contributed by atoms with Gasteiger partial charge in [-0.2, -0.15) is 5.26 Å². The van der Waals surface area contributed by atoms with E-state index in [1.54, 1.807) is 20.9 Å². The molecule has 0 N–H and O–H groups in total. The van der Waals surface area contributed by atoms with Crippen molar-refractivity contribution in [1.82, 2.24) is 9.80 Å². The molecule has 0 atom stereocenters. The SMILES string of the molecule is CC.CN(C(=O)C(C)(C)N(C)C)C(C)(C)C#N. The van der Waals surface area contributed by atoms with Gasteiger partial charge in [0.05, 0.1) is 11.6 Å². The van der Waals surface area contributed by atoms with Gasteiger partial charge in [0, 0.05) is 7.05 Å². The molecule has 0 bridgehead atoms. The number of rotatable bonds is 3. The fraction of sp³-hybridized carbons (Fsp3) is 0.846. The fourth-order valence-corrected chi connectivity index (χ4v) is 0.931. The predicted octanol–water partition coefficient (Wildman–Crippen LogP) is 2.11. The Balaban J connectivity index is 0. The Morgan fingerprint density at radius 2 is 1.41 bits per heavy atom. The third-order valence-corrected chi connectivity index (χ3v) is 3.06. The summed E-state index contributed by atoms with van der Waals surface area (Å²) in [5.41, 5.74) is -1.37. The Morgan fingerprint density at radius 1 is 1.06 bits per heavy atom. The van der Waals surface area contributed by atoms with Crippen LogP contribution in [0.25, 0.3) is 0 Å². The number of carbonyl (C=O) groups is 1. The molecule has 0 saturated heterocycles. The third kappa shape index (κ3) is 4.35. The quantitative estimate of drug-likeness (QED) is 0.760. The lowest BCUT2D eigenvalue weighted by atomic mass is 9.97. The van der Waals surface area contributed by atoms with E-state index in [9.17, 15) is 4.79 Å². The van der Waals surface area contributed by atoms with Crippen LogP contribution in [0.1, 0.15) is 41.5 Å². The van der Waals surface area contributed by atoms with E-state index in [4.69, 9.17) is 5.26 Å². The smallest absolute Gasteiger partial charge is 0.243 e. The van der Waals surface area contributed by atoms with Gasteiger partial charge < -0.3 is 4.90 Å². The summed E-state index contributed by atoms with van der Waals surface area (Å²) in [5.74, 6) is -0.0564. The second kappa shape index (κ2) is 6.61. The molecule has 0 aromatic heterocycles. The molecule has 0 aromatic carbocycles. The molecule has 1 amide bonds. The minimum absolute atomic E-state index is 0.0564. The monoisotopic (exact) mass is 241 g/mol. The molecule has 4 heteroatoms. The van der Waals surface area contributed by atoms with Crippen molar-refractivity contribution in [2.45, 2.75) is 52.6 Å². The first kappa shape index (κ1) is 18.3. The van der Waals surface area contributed by atoms with Crippen LogP contribution in [0.5, 0.6) is 0 Å². The van der Waals surface area contributed by atoms with Crippen LogP contribution < -0.4 is 0 Å². The fourth-order valence-electron chi connectivity index (χ4n) is 0.931. The van der Waals surface area contributed by atoms with E-state index in [0.717, 1.165) is 0 Å². The minimum Gasteiger partial charge on any atom is -0.326 e. The Bertz CT molecular complexity index is 288. The summed E-state index contributed by atoms with van der Waals surface area (Å²) in [6.07, 6.45) is 0. The standard InChI is InChI=1S/C11H21N3O.C2H6/c1-10(2,8-12)14(7)9(15)11(3,4)13(5)6;1-2/h1-7H3;1-2H3. The van der Waals surface area contributed by atoms with Crippen molar-refractivity contribution in [2.24, 2.45) is 0 Å². The van der Waals surface area contributed by atoms with Gasteiger partial charge in [0.2, 0.25) is 5.91 Å². The average molecular weight is 241 g/mol. The van der Waals surface area contributed by atoms with Gasteiger partial charge in [-0.3, -0.25) is 9.69 Å². The lowest BCUT2D eigenvalue weighted by Crippen LogP contribution is -2.57. The minimum atomic E-state index is -0.773. The van der Waals surface area contributed by atoms with Crippen LogP contribution in [0.15, 0.2) is 0 Å². The van der Waals surface area contributed by atoms with Gasteiger partial charge in [0.15, 0.2) is 0 Å². The number of amides is 1. The normalized spacial score (nSPS) is 11.4. The van der Waals surface area contributed by atoms with Gasteiger partial charge in [-0.15, -0.1) is 0 Å². The van der Waals surface area contributed by atoms with Crippen molar-refractivity contribution in [1.29, 1.82) is 5.26 Å². The molecular formula is C13H27N3O. The number of nitriles is 1. The van der Waals surface area contributed by atoms with Crippen LogP contribution in [0.4, 0.5) is 0 Å². The zero-order valence-corrected chi connectivity index (χ0v) is 12.7. The molecule has 0 saturated carbocycles. The molecule has 0 aliphatic rings. The molecule has 0 aromatic rings. The molecule has 0 unspecified atom stereocenters. The molecule has 0 heterocycles. The van der Waals surface area contributed by atoms with E-state index in [1.165, 1.54) is 4.90 Å². The average Bonchev–Trinajstić information content (AvgIpc) is 2.29. The highest BCUT2D eigenvalue weighted by Crippen LogP contribution is 2.19. The summed E-state index contributed by atoms with van der Waals surface area (Å²) >= 11 is 0. The van der Waals surface area contributed by atoms with Gasteiger partial charge in [-0.25, -0.2) is 0 Å². The van der Waals surface area contributed by atoms with Crippen LogP contribution in [0.2, 0.25) is 0 Å². The van der Waals surface area contributed by atoms with E-state index >= 15 is 0 Å². The predicted molar refractivity (Wildman–Crippen MR) is 71.6 cm³/mol. The highest BCUT2D eigenvalue weighted by molar-refractivity contribution is 5.86. The van der Waals surface area contributed by atoms with Crippen LogP contribution >= 0.6 is 0 Å². The van der Waals surface area contributed by atoms with Crippen molar-refractivity contribution in [3.05, 3.63) is 0 Å². The third-order valence-electron chi connectivity index (χ3n) is 3.06. The second-order valence-electron chi connectivity index (χ2n) is 4.99. The lowest BCUT2D eigenvalue weighted by molar-refractivity contribution is -0.143. The van der Waals surface area contributed by atoms with Crippen molar-refractivity contribution in [3.8, 4) is 6.07 Å². The molecule has 0 radical (unpaired) electrons. The van der Waals surface area contributed by atoms with Crippen LogP contribution in [-0.4, -0.2) is 47.9 Å². The molecule has 0 rings (SSSR count). The van der Waals surface area contributed by atoms with Gasteiger partial charge >= 0.3 is 0 Å². The molecule has 0 fully saturated rings. The number of likely N-dealkylation sites (N-methyl/N-ethyl adjacent to an activating group) is 2. The summed E-state index contributed by atoms with van der Waals surface area (Å²) in [6, 6.07) is 2.12. The summed E-state index contributed by atoms with van der Waals surface area (Å²) in [4.78, 5) is 15.5. The number of nitrogens with zero attached hydrogens (tertiary/aromatic N) is 3. The van der Waals surface area contributed by atoms with Gasteiger partial charge in [-0.05, 0) is 41.8 Å². The van der Waals surface area contributed by atoms with Crippen LogP contribution in [0, 0.1) is 11.3 Å². The van der Waals surface area contributed by atoms with Crippen molar-refractivity contribution in [3.63, 3.8) is 0 Å². The van der Waals surface area contributed by atoms with E-state index in [0.29, 0.717) is 0 Å². The zero-order valence-electron chi connectivity index (χ0n) is 12.7. The maximum absolute atomic E-state index is 12.1. The van der Waals surface area contributed by atoms with E-state index < -0.39 is 11.1 Å². The van der Waals surface area contributed by atoms with Gasteiger partial charge in [0.1, 0.15) is 5.54 Å². The first-order valence-electron chi connectivity index (χ1n) is 5.94. The van der Waals surface area contributed by atoms with Crippen LogP contribution in [0.3, 0.4) is 0 Å². The van der Waals surface area contributed by atoms with Gasteiger partial charge in [0.25, 0.3) is 0 Å². The zero-order chi connectivity index (χ0) is 14.4. The summed E-state index contributed by atoms with van der Waals surface area (Å²) < 4.78 is 0. The summed E-state index contributed by atoms with van der Waals surface area (Å²) in [7, 11) is 5.37. The molecule has 0 aliphatic carbocycles. The molecule has 100 valence electrons. The first-order chi connectivity index (χ1) is 7.57. The molecule has 17 heavy (non-hydrogen) atoms. The Kier molecular flexibility index (Phi) is 7.11. The van der Waals surface area contributed by atoms with Crippen LogP contribution in [-0.2, 0) is 4.79 Å². The van der Waals surface area contributed by atoms with E-state index in [1.807, 2.05) is 46.7 Å². The van der Waals surface area contributed by atoms with E-state index in [2.05, 4.69) is 6.07 Å². The number of hydrogen-bond acceptors (Lipinski definition) is 3. The maximum Gasteiger partial charge on any atom is 0.243 e. The van der Waals surface area contributed by atoms with E-state index in [-0.39, 0.29) is 5.91 Å². The number of carbonyl (C=O) groups excluding carboxylic acids is 1. The molecule has 4 nitrogen and oxygen atoms in total. The topological polar surface area (TPSA) is 47.3 Å². The highest BCUT2D eigenvalue weighted by atomic mass is 16.2. The Morgan fingerprint density at radius 3 is 1.65 bits per heavy atom. The summed E-state index contributed by atoms with van der Waals surface area (Å²) in [5, 5.41) is 8.96. The first-order valence-corrected chi connectivity index (χ1v) is 5.94. The molecule has 0 aliphatic heterocycles. The maximum atomic E-state index is 12.1. The van der Waals surface area contributed by atoms with Crippen molar-refractivity contribution < 1.29 is 4.79 Å². The molecule has 0 spiro atoms.